The first kappa shape index (κ1) is 18.4. The minimum absolute atomic E-state index is 0.211. The fourth-order valence-electron chi connectivity index (χ4n) is 1.18. The predicted molar refractivity (Wildman–Crippen MR) is 82.9 cm³/mol. The predicted octanol–water partition coefficient (Wildman–Crippen LogP) is 3.67. The molecule has 1 aromatic carbocycles. The maximum Gasteiger partial charge on any atom is 0.328 e. The molecule has 2 atom stereocenters. The average Bonchev–Trinajstić information content (AvgIpc) is 2.45. The third-order valence-corrected chi connectivity index (χ3v) is 3.89. The molecule has 1 rings (SSSR count). The highest BCUT2D eigenvalue weighted by Crippen LogP contribution is 2.15. The van der Waals surface area contributed by atoms with Gasteiger partial charge in [-0.15, -0.1) is 0 Å². The topological polar surface area (TPSA) is 74.6 Å². The van der Waals surface area contributed by atoms with Crippen LogP contribution in [0.4, 0.5) is 0 Å². The average molecular weight is 343 g/mol. The molecule has 0 spiro atoms. The van der Waals surface area contributed by atoms with Gasteiger partial charge in [-0.2, -0.15) is 0 Å². The van der Waals surface area contributed by atoms with E-state index in [2.05, 4.69) is 15.9 Å². The Morgan fingerprint density at radius 3 is 2.15 bits per heavy atom. The smallest absolute Gasteiger partial charge is 0.328 e. The van der Waals surface area contributed by atoms with Gasteiger partial charge < -0.3 is 10.2 Å². The Morgan fingerprint density at radius 1 is 1.25 bits per heavy atom. The van der Waals surface area contributed by atoms with Crippen molar-refractivity contribution >= 4 is 33.9 Å². The number of alkyl halides is 1. The molecule has 2 unspecified atom stereocenters. The first-order chi connectivity index (χ1) is 9.38. The van der Waals surface area contributed by atoms with E-state index in [9.17, 15) is 9.59 Å². The SMILES string of the molecule is CCC(C)C(Br)C(=O)O.O=C(O)C=Cc1ccccc1. The molecule has 0 aliphatic rings. The second-order valence-electron chi connectivity index (χ2n) is 4.21. The van der Waals surface area contributed by atoms with E-state index in [4.69, 9.17) is 10.2 Å². The number of halogens is 1. The lowest BCUT2D eigenvalue weighted by Gasteiger charge is -2.10. The highest BCUT2D eigenvalue weighted by molar-refractivity contribution is 9.10. The number of hydrogen-bond acceptors (Lipinski definition) is 2. The third-order valence-electron chi connectivity index (χ3n) is 2.60. The molecule has 5 heteroatoms. The zero-order valence-corrected chi connectivity index (χ0v) is 13.1. The van der Waals surface area contributed by atoms with Crippen molar-refractivity contribution in [2.45, 2.75) is 25.1 Å². The summed E-state index contributed by atoms with van der Waals surface area (Å²) in [4.78, 5) is 20.0. The Bertz CT molecular complexity index is 442. The quantitative estimate of drug-likeness (QED) is 0.632. The van der Waals surface area contributed by atoms with E-state index in [1.54, 1.807) is 6.08 Å². The standard InChI is InChI=1S/C9H8O2.C6H11BrO2/c10-9(11)7-6-8-4-2-1-3-5-8;1-3-4(2)5(7)6(8)9/h1-7H,(H,10,11);4-5H,3H2,1-2H3,(H,8,9). The van der Waals surface area contributed by atoms with Crippen LogP contribution in [-0.4, -0.2) is 27.0 Å². The number of carboxylic acids is 2. The van der Waals surface area contributed by atoms with Crippen LogP contribution in [0, 0.1) is 5.92 Å². The fraction of sp³-hybridized carbons (Fsp3) is 0.333. The Labute approximate surface area is 127 Å². The maximum absolute atomic E-state index is 10.3. The molecule has 0 saturated heterocycles. The number of carboxylic acid groups (broad SMARTS) is 2. The van der Waals surface area contributed by atoms with Gasteiger partial charge in [-0.05, 0) is 17.6 Å². The lowest BCUT2D eigenvalue weighted by Crippen LogP contribution is -2.20. The van der Waals surface area contributed by atoms with Crippen LogP contribution in [0.2, 0.25) is 0 Å². The van der Waals surface area contributed by atoms with Crippen molar-refractivity contribution in [2.75, 3.05) is 0 Å². The van der Waals surface area contributed by atoms with Crippen molar-refractivity contribution in [2.24, 2.45) is 5.92 Å². The summed E-state index contributed by atoms with van der Waals surface area (Å²) in [6.07, 6.45) is 3.57. The summed E-state index contributed by atoms with van der Waals surface area (Å²) in [7, 11) is 0. The molecular formula is C15H19BrO4. The molecule has 0 saturated carbocycles. The Morgan fingerprint density at radius 2 is 1.80 bits per heavy atom. The van der Waals surface area contributed by atoms with Gasteiger partial charge >= 0.3 is 11.9 Å². The van der Waals surface area contributed by atoms with Gasteiger partial charge in [0.15, 0.2) is 0 Å². The summed E-state index contributed by atoms with van der Waals surface area (Å²) in [5, 5.41) is 16.7. The van der Waals surface area contributed by atoms with Crippen molar-refractivity contribution in [3.63, 3.8) is 0 Å². The Balaban J connectivity index is 0.000000370. The van der Waals surface area contributed by atoms with Crippen LogP contribution in [0.3, 0.4) is 0 Å². The number of carbonyl (C=O) groups is 2. The molecule has 0 fully saturated rings. The molecule has 0 aliphatic carbocycles. The summed E-state index contributed by atoms with van der Waals surface area (Å²) >= 11 is 3.07. The minimum Gasteiger partial charge on any atom is -0.480 e. The summed E-state index contributed by atoms with van der Waals surface area (Å²) in [6.45, 7) is 3.88. The molecule has 0 bridgehead atoms. The number of benzene rings is 1. The van der Waals surface area contributed by atoms with Gasteiger partial charge in [0.2, 0.25) is 0 Å². The van der Waals surface area contributed by atoms with E-state index < -0.39 is 11.9 Å². The second-order valence-corrected chi connectivity index (χ2v) is 5.19. The monoisotopic (exact) mass is 342 g/mol. The van der Waals surface area contributed by atoms with E-state index in [1.165, 1.54) is 0 Å². The molecule has 20 heavy (non-hydrogen) atoms. The zero-order chi connectivity index (χ0) is 15.5. The van der Waals surface area contributed by atoms with Crippen LogP contribution in [0.1, 0.15) is 25.8 Å². The van der Waals surface area contributed by atoms with Crippen molar-refractivity contribution in [3.8, 4) is 0 Å². The molecule has 0 radical (unpaired) electrons. The lowest BCUT2D eigenvalue weighted by molar-refractivity contribution is -0.137. The summed E-state index contributed by atoms with van der Waals surface area (Å²) in [5.74, 6) is -1.49. The summed E-state index contributed by atoms with van der Waals surface area (Å²) in [5.41, 5.74) is 0.898. The van der Waals surface area contributed by atoms with Crippen molar-refractivity contribution in [1.29, 1.82) is 0 Å². The largest absolute Gasteiger partial charge is 0.480 e. The van der Waals surface area contributed by atoms with Crippen molar-refractivity contribution in [1.82, 2.24) is 0 Å². The molecule has 0 aliphatic heterocycles. The zero-order valence-electron chi connectivity index (χ0n) is 11.5. The minimum atomic E-state index is -0.922. The van der Waals surface area contributed by atoms with Gasteiger partial charge in [-0.3, -0.25) is 4.79 Å². The highest BCUT2D eigenvalue weighted by Gasteiger charge is 2.18. The van der Waals surface area contributed by atoms with Gasteiger partial charge in [0.1, 0.15) is 4.83 Å². The number of aliphatic carboxylic acids is 2. The van der Waals surface area contributed by atoms with Crippen LogP contribution >= 0.6 is 15.9 Å². The van der Waals surface area contributed by atoms with Gasteiger partial charge in [-0.25, -0.2) is 4.79 Å². The molecular weight excluding hydrogens is 324 g/mol. The van der Waals surface area contributed by atoms with E-state index in [0.29, 0.717) is 0 Å². The summed E-state index contributed by atoms with van der Waals surface area (Å²) in [6, 6.07) is 9.31. The van der Waals surface area contributed by atoms with Crippen LogP contribution in [0.25, 0.3) is 6.08 Å². The van der Waals surface area contributed by atoms with E-state index >= 15 is 0 Å². The van der Waals surface area contributed by atoms with Gasteiger partial charge in [0, 0.05) is 6.08 Å². The normalized spacial score (nSPS) is 13.2. The van der Waals surface area contributed by atoms with Crippen LogP contribution in [0.15, 0.2) is 36.4 Å². The molecule has 4 nitrogen and oxygen atoms in total. The van der Waals surface area contributed by atoms with E-state index in [0.717, 1.165) is 18.1 Å². The van der Waals surface area contributed by atoms with Crippen LogP contribution in [-0.2, 0) is 9.59 Å². The highest BCUT2D eigenvalue weighted by atomic mass is 79.9. The van der Waals surface area contributed by atoms with Crippen LogP contribution in [0.5, 0.6) is 0 Å². The van der Waals surface area contributed by atoms with E-state index in [-0.39, 0.29) is 10.7 Å². The van der Waals surface area contributed by atoms with Crippen LogP contribution < -0.4 is 0 Å². The van der Waals surface area contributed by atoms with Gasteiger partial charge in [0.05, 0.1) is 0 Å². The molecule has 0 amide bonds. The Kier molecular flexibility index (Phi) is 9.38. The Hall–Kier alpha value is -1.62. The second kappa shape index (κ2) is 10.2. The van der Waals surface area contributed by atoms with Crippen molar-refractivity contribution < 1.29 is 19.8 Å². The number of hydrogen-bond donors (Lipinski definition) is 2. The molecule has 1 aromatic rings. The lowest BCUT2D eigenvalue weighted by atomic mass is 10.1. The van der Waals surface area contributed by atoms with Crippen molar-refractivity contribution in [3.05, 3.63) is 42.0 Å². The molecule has 0 aromatic heterocycles. The summed E-state index contributed by atoms with van der Waals surface area (Å²) < 4.78 is 0. The van der Waals surface area contributed by atoms with Gasteiger partial charge in [-0.1, -0.05) is 66.5 Å². The first-order valence-corrected chi connectivity index (χ1v) is 7.13. The molecule has 110 valence electrons. The number of rotatable bonds is 5. The molecule has 0 heterocycles. The van der Waals surface area contributed by atoms with Gasteiger partial charge in [0.25, 0.3) is 0 Å². The maximum atomic E-state index is 10.3. The third kappa shape index (κ3) is 8.48. The molecule has 2 N–H and O–H groups in total. The first-order valence-electron chi connectivity index (χ1n) is 6.21. The van der Waals surface area contributed by atoms with E-state index in [1.807, 2.05) is 44.2 Å². The fourth-order valence-corrected chi connectivity index (χ4v) is 1.56.